The lowest BCUT2D eigenvalue weighted by Gasteiger charge is -2.17. The van der Waals surface area contributed by atoms with Crippen molar-refractivity contribution in [3.63, 3.8) is 0 Å². The normalized spacial score (nSPS) is 12.5. The first kappa shape index (κ1) is 14.9. The molecule has 1 heterocycles. The number of hydrogen-bond acceptors (Lipinski definition) is 2. The summed E-state index contributed by atoms with van der Waals surface area (Å²) < 4.78 is 5.19. The Morgan fingerprint density at radius 1 is 1.15 bits per heavy atom. The van der Waals surface area contributed by atoms with Crippen LogP contribution in [-0.4, -0.2) is 13.1 Å². The zero-order valence-electron chi connectivity index (χ0n) is 12.6. The first-order valence-electron chi connectivity index (χ1n) is 7.55. The average Bonchev–Trinajstić information content (AvgIpc) is 2.92. The maximum absolute atomic E-state index is 5.19. The van der Waals surface area contributed by atoms with Gasteiger partial charge in [-0.25, -0.2) is 0 Å². The van der Waals surface area contributed by atoms with Crippen LogP contribution < -0.4 is 5.32 Å². The Balaban J connectivity index is 1.97. The second-order valence-corrected chi connectivity index (χ2v) is 5.60. The molecule has 0 amide bonds. The summed E-state index contributed by atoms with van der Waals surface area (Å²) in [5, 5.41) is 3.55. The van der Waals surface area contributed by atoms with E-state index in [1.54, 1.807) is 6.26 Å². The fraction of sp³-hybridized carbons (Fsp3) is 0.444. The van der Waals surface area contributed by atoms with Gasteiger partial charge in [0.25, 0.3) is 0 Å². The van der Waals surface area contributed by atoms with Crippen LogP contribution in [0.15, 0.2) is 47.3 Å². The van der Waals surface area contributed by atoms with E-state index < -0.39 is 0 Å². The molecule has 2 rings (SSSR count). The summed E-state index contributed by atoms with van der Waals surface area (Å²) in [5.41, 5.74) is 4.06. The van der Waals surface area contributed by atoms with Crippen molar-refractivity contribution in [2.75, 3.05) is 13.1 Å². The van der Waals surface area contributed by atoms with Crippen molar-refractivity contribution in [3.05, 3.63) is 59.5 Å². The molecule has 1 atom stereocenters. The average molecular weight is 271 g/mol. The summed E-state index contributed by atoms with van der Waals surface area (Å²) >= 11 is 0. The molecule has 1 aromatic carbocycles. The Bertz CT molecular complexity index is 490. The summed E-state index contributed by atoms with van der Waals surface area (Å²) in [6.45, 7) is 6.52. The first-order valence-corrected chi connectivity index (χ1v) is 7.55. The SMILES string of the molecule is CCCNCC(Cc1ccoc1)Cc1cccc(C)c1. The van der Waals surface area contributed by atoms with Crippen molar-refractivity contribution in [3.8, 4) is 0 Å². The van der Waals surface area contributed by atoms with Gasteiger partial charge in [0.1, 0.15) is 0 Å². The first-order chi connectivity index (χ1) is 9.78. The fourth-order valence-corrected chi connectivity index (χ4v) is 2.61. The van der Waals surface area contributed by atoms with E-state index in [0.717, 1.165) is 25.9 Å². The number of aryl methyl sites for hydroxylation is 1. The quantitative estimate of drug-likeness (QED) is 0.734. The summed E-state index contributed by atoms with van der Waals surface area (Å²) in [6, 6.07) is 10.9. The van der Waals surface area contributed by atoms with E-state index in [4.69, 9.17) is 4.42 Å². The maximum atomic E-state index is 5.19. The Kier molecular flexibility index (Phi) is 5.87. The number of rotatable bonds is 8. The highest BCUT2D eigenvalue weighted by Gasteiger charge is 2.11. The van der Waals surface area contributed by atoms with E-state index in [9.17, 15) is 0 Å². The van der Waals surface area contributed by atoms with E-state index >= 15 is 0 Å². The van der Waals surface area contributed by atoms with Crippen LogP contribution in [0.2, 0.25) is 0 Å². The van der Waals surface area contributed by atoms with Gasteiger partial charge in [0, 0.05) is 0 Å². The third-order valence-corrected chi connectivity index (χ3v) is 3.57. The monoisotopic (exact) mass is 271 g/mol. The van der Waals surface area contributed by atoms with E-state index in [2.05, 4.69) is 49.5 Å². The molecule has 2 nitrogen and oxygen atoms in total. The second-order valence-electron chi connectivity index (χ2n) is 5.60. The smallest absolute Gasteiger partial charge is 0.0934 e. The highest BCUT2D eigenvalue weighted by Crippen LogP contribution is 2.16. The Hall–Kier alpha value is -1.54. The third kappa shape index (κ3) is 4.86. The fourth-order valence-electron chi connectivity index (χ4n) is 2.61. The van der Waals surface area contributed by atoms with Crippen LogP contribution in [0.1, 0.15) is 30.0 Å². The van der Waals surface area contributed by atoms with Gasteiger partial charge in [0.15, 0.2) is 0 Å². The Labute approximate surface area is 122 Å². The lowest BCUT2D eigenvalue weighted by molar-refractivity contribution is 0.467. The molecule has 1 unspecified atom stereocenters. The molecule has 0 aliphatic rings. The summed E-state index contributed by atoms with van der Waals surface area (Å²) in [5.74, 6) is 0.612. The predicted molar refractivity (Wildman–Crippen MR) is 83.9 cm³/mol. The second kappa shape index (κ2) is 7.91. The van der Waals surface area contributed by atoms with Gasteiger partial charge in [-0.1, -0.05) is 36.8 Å². The van der Waals surface area contributed by atoms with Crippen LogP contribution in [0.25, 0.3) is 0 Å². The molecule has 20 heavy (non-hydrogen) atoms. The number of nitrogens with one attached hydrogen (secondary N) is 1. The summed E-state index contributed by atoms with van der Waals surface area (Å²) in [7, 11) is 0. The molecule has 0 fully saturated rings. The zero-order chi connectivity index (χ0) is 14.2. The highest BCUT2D eigenvalue weighted by atomic mass is 16.3. The molecule has 0 saturated heterocycles. The van der Waals surface area contributed by atoms with E-state index in [1.165, 1.54) is 23.1 Å². The molecule has 1 N–H and O–H groups in total. The summed E-state index contributed by atoms with van der Waals surface area (Å²) in [6.07, 6.45) is 7.00. The summed E-state index contributed by atoms with van der Waals surface area (Å²) in [4.78, 5) is 0. The van der Waals surface area contributed by atoms with Crippen molar-refractivity contribution < 1.29 is 4.42 Å². The molecule has 0 aliphatic carbocycles. The lowest BCUT2D eigenvalue weighted by Crippen LogP contribution is -2.26. The van der Waals surface area contributed by atoms with Gasteiger partial charge in [0.2, 0.25) is 0 Å². The van der Waals surface area contributed by atoms with Gasteiger partial charge in [0.05, 0.1) is 12.5 Å². The van der Waals surface area contributed by atoms with Crippen LogP contribution >= 0.6 is 0 Å². The van der Waals surface area contributed by atoms with Crippen LogP contribution in [0, 0.1) is 12.8 Å². The Morgan fingerprint density at radius 2 is 2.00 bits per heavy atom. The molecule has 2 aromatic rings. The van der Waals surface area contributed by atoms with Crippen molar-refractivity contribution in [1.29, 1.82) is 0 Å². The topological polar surface area (TPSA) is 25.2 Å². The molecule has 0 radical (unpaired) electrons. The Morgan fingerprint density at radius 3 is 2.70 bits per heavy atom. The molecular formula is C18H25NO. The van der Waals surface area contributed by atoms with Crippen molar-refractivity contribution in [2.24, 2.45) is 5.92 Å². The predicted octanol–water partition coefficient (Wildman–Crippen LogP) is 3.99. The largest absolute Gasteiger partial charge is 0.472 e. The zero-order valence-corrected chi connectivity index (χ0v) is 12.6. The third-order valence-electron chi connectivity index (χ3n) is 3.57. The number of hydrogen-bond donors (Lipinski definition) is 1. The molecular weight excluding hydrogens is 246 g/mol. The maximum Gasteiger partial charge on any atom is 0.0934 e. The highest BCUT2D eigenvalue weighted by molar-refractivity contribution is 5.23. The van der Waals surface area contributed by atoms with Gasteiger partial charge in [-0.05, 0) is 62.4 Å². The van der Waals surface area contributed by atoms with Crippen LogP contribution in [0.4, 0.5) is 0 Å². The van der Waals surface area contributed by atoms with Gasteiger partial charge < -0.3 is 9.73 Å². The molecule has 0 saturated carbocycles. The van der Waals surface area contributed by atoms with Crippen molar-refractivity contribution in [1.82, 2.24) is 5.32 Å². The molecule has 0 bridgehead atoms. The molecule has 108 valence electrons. The molecule has 1 aromatic heterocycles. The lowest BCUT2D eigenvalue weighted by atomic mass is 9.93. The van der Waals surface area contributed by atoms with Crippen molar-refractivity contribution in [2.45, 2.75) is 33.1 Å². The van der Waals surface area contributed by atoms with Crippen molar-refractivity contribution >= 4 is 0 Å². The van der Waals surface area contributed by atoms with E-state index in [1.807, 2.05) is 6.26 Å². The molecule has 0 aliphatic heterocycles. The van der Waals surface area contributed by atoms with Gasteiger partial charge in [-0.3, -0.25) is 0 Å². The van der Waals surface area contributed by atoms with E-state index in [-0.39, 0.29) is 0 Å². The van der Waals surface area contributed by atoms with Gasteiger partial charge in [-0.2, -0.15) is 0 Å². The number of furan rings is 1. The van der Waals surface area contributed by atoms with Crippen LogP contribution in [0.3, 0.4) is 0 Å². The number of benzene rings is 1. The van der Waals surface area contributed by atoms with E-state index in [0.29, 0.717) is 5.92 Å². The van der Waals surface area contributed by atoms with Crippen LogP contribution in [-0.2, 0) is 12.8 Å². The minimum Gasteiger partial charge on any atom is -0.472 e. The minimum atomic E-state index is 0.612. The van der Waals surface area contributed by atoms with Gasteiger partial charge in [-0.15, -0.1) is 0 Å². The van der Waals surface area contributed by atoms with Gasteiger partial charge >= 0.3 is 0 Å². The minimum absolute atomic E-state index is 0.612. The van der Waals surface area contributed by atoms with Crippen LogP contribution in [0.5, 0.6) is 0 Å². The molecule has 0 spiro atoms. The molecule has 2 heteroatoms. The standard InChI is InChI=1S/C18H25NO/c1-3-8-19-13-18(12-17-7-9-20-14-17)11-16-6-4-5-15(2)10-16/h4-7,9-10,14,18-19H,3,8,11-13H2,1-2H3.